The minimum Gasteiger partial charge on any atom is -1.00 e. The summed E-state index contributed by atoms with van der Waals surface area (Å²) in [6.07, 6.45) is 46.3. The van der Waals surface area contributed by atoms with E-state index >= 15 is 0 Å². The third-order valence-electron chi connectivity index (χ3n) is 10.7. The van der Waals surface area contributed by atoms with Crippen LogP contribution < -0.4 is 24.0 Å². The smallest absolute Gasteiger partial charge is 0.0846 e. The molecule has 0 heterocycles. The van der Waals surface area contributed by atoms with Gasteiger partial charge < -0.3 is 24.0 Å². The van der Waals surface area contributed by atoms with Crippen LogP contribution in [0.25, 0.3) is 0 Å². The van der Waals surface area contributed by atoms with Gasteiger partial charge in [0.1, 0.15) is 0 Å². The van der Waals surface area contributed by atoms with E-state index in [4.69, 9.17) is 0 Å². The molecule has 48 heavy (non-hydrogen) atoms. The molecule has 0 aliphatic carbocycles. The lowest BCUT2D eigenvalue weighted by molar-refractivity contribution is -0.0000103. The van der Waals surface area contributed by atoms with Gasteiger partial charge in [0.05, 0.1) is 24.6 Å². The summed E-state index contributed by atoms with van der Waals surface area (Å²) < 4.78 is 0. The molecule has 0 bridgehead atoms. The van der Waals surface area contributed by atoms with Gasteiger partial charge in [0.15, 0.2) is 0 Å². The van der Waals surface area contributed by atoms with Crippen molar-refractivity contribution in [2.24, 2.45) is 0 Å². The van der Waals surface area contributed by atoms with Gasteiger partial charge in [0.25, 0.3) is 0 Å². The van der Waals surface area contributed by atoms with Crippen molar-refractivity contribution >= 4 is 7.26 Å². The van der Waals surface area contributed by atoms with E-state index in [0.29, 0.717) is 0 Å². The Kier molecular flexibility index (Phi) is 32.1. The molecular formula is C46H80IP. The number of benzene rings is 2. The predicted molar refractivity (Wildman–Crippen MR) is 218 cm³/mol. The normalized spacial score (nSPS) is 11.5. The highest BCUT2D eigenvalue weighted by atomic mass is 127. The van der Waals surface area contributed by atoms with Gasteiger partial charge >= 0.3 is 0 Å². The zero-order chi connectivity index (χ0) is 33.4. The summed E-state index contributed by atoms with van der Waals surface area (Å²) in [6, 6.07) is 23.1. The molecule has 2 aromatic rings. The van der Waals surface area contributed by atoms with Crippen LogP contribution in [0.2, 0.25) is 0 Å². The Hall–Kier alpha value is -0.400. The monoisotopic (exact) mass is 791 g/mol. The van der Waals surface area contributed by atoms with E-state index in [0.717, 1.165) is 0 Å². The maximum absolute atomic E-state index is 2.41. The van der Waals surface area contributed by atoms with Crippen molar-refractivity contribution in [1.82, 2.24) is 0 Å². The lowest BCUT2D eigenvalue weighted by Gasteiger charge is -2.29. The van der Waals surface area contributed by atoms with Crippen LogP contribution in [0.5, 0.6) is 0 Å². The summed E-state index contributed by atoms with van der Waals surface area (Å²) in [4.78, 5) is 0. The maximum Gasteiger partial charge on any atom is 0.0846 e. The molecule has 0 aromatic heterocycles. The molecule has 0 aliphatic rings. The van der Waals surface area contributed by atoms with E-state index in [9.17, 15) is 0 Å². The van der Waals surface area contributed by atoms with Gasteiger partial charge in [-0.3, -0.25) is 0 Å². The first-order valence-electron chi connectivity index (χ1n) is 21.2. The third kappa shape index (κ3) is 25.5. The van der Waals surface area contributed by atoms with Crippen LogP contribution in [0.15, 0.2) is 60.7 Å². The molecule has 0 aliphatic heterocycles. The lowest BCUT2D eigenvalue weighted by atomic mass is 10.0. The standard InChI is InChI=1S/C46H80P.HI/c1-3-5-7-9-11-13-15-17-19-21-23-25-27-35-41-47(43-45-37-31-29-32-38-45,44-46-39-33-30-34-40-46)42-36-28-26-24-22-20-18-16-14-12-10-8-6-4-2;/h29-34,37-40H,3-28,35-36,41-44H2,1-2H3;1H/q+1;/p-1. The number of unbranched alkanes of at least 4 members (excludes halogenated alkanes) is 26. The van der Waals surface area contributed by atoms with E-state index in [1.807, 2.05) is 0 Å². The maximum atomic E-state index is 2.41. The van der Waals surface area contributed by atoms with Crippen molar-refractivity contribution in [2.45, 2.75) is 206 Å². The molecule has 0 spiro atoms. The summed E-state index contributed by atoms with van der Waals surface area (Å²) in [7, 11) is -1.11. The molecule has 0 N–H and O–H groups in total. The Balaban J connectivity index is 0.0000115. The Labute approximate surface area is 319 Å². The molecule has 0 saturated carbocycles. The van der Waals surface area contributed by atoms with Crippen LogP contribution >= 0.6 is 7.26 Å². The molecule has 0 saturated heterocycles. The largest absolute Gasteiger partial charge is 1.00 e. The highest BCUT2D eigenvalue weighted by Crippen LogP contribution is 2.65. The van der Waals surface area contributed by atoms with Crippen molar-refractivity contribution < 1.29 is 24.0 Å². The van der Waals surface area contributed by atoms with Crippen molar-refractivity contribution in [2.75, 3.05) is 12.3 Å². The molecule has 0 fully saturated rings. The fourth-order valence-electron chi connectivity index (χ4n) is 7.71. The third-order valence-corrected chi connectivity index (χ3v) is 15.3. The van der Waals surface area contributed by atoms with Crippen LogP contribution in [-0.4, -0.2) is 12.3 Å². The van der Waals surface area contributed by atoms with Crippen LogP contribution in [0.3, 0.4) is 0 Å². The highest BCUT2D eigenvalue weighted by molar-refractivity contribution is 7.74. The summed E-state index contributed by atoms with van der Waals surface area (Å²) in [5.74, 6) is 0. The average molecular weight is 791 g/mol. The second-order valence-electron chi connectivity index (χ2n) is 15.3. The van der Waals surface area contributed by atoms with Gasteiger partial charge in [-0.1, -0.05) is 229 Å². The van der Waals surface area contributed by atoms with Crippen molar-refractivity contribution in [3.8, 4) is 0 Å². The zero-order valence-corrected chi connectivity index (χ0v) is 35.3. The molecular weight excluding hydrogens is 710 g/mol. The Morgan fingerprint density at radius 3 is 0.792 bits per heavy atom. The van der Waals surface area contributed by atoms with Gasteiger partial charge in [-0.2, -0.15) is 0 Å². The fraction of sp³-hybridized carbons (Fsp3) is 0.739. The van der Waals surface area contributed by atoms with Crippen molar-refractivity contribution in [3.63, 3.8) is 0 Å². The fourth-order valence-corrected chi connectivity index (χ4v) is 12.4. The van der Waals surface area contributed by atoms with Gasteiger partial charge in [-0.05, 0) is 36.8 Å². The van der Waals surface area contributed by atoms with Crippen molar-refractivity contribution in [3.05, 3.63) is 71.8 Å². The van der Waals surface area contributed by atoms with E-state index in [1.54, 1.807) is 11.1 Å². The summed E-state index contributed by atoms with van der Waals surface area (Å²) in [6.45, 7) is 4.63. The average Bonchev–Trinajstić information content (AvgIpc) is 3.09. The Bertz CT molecular complexity index is 821. The molecule has 2 heteroatoms. The molecule has 0 unspecified atom stereocenters. The van der Waals surface area contributed by atoms with Crippen LogP contribution in [0, 0.1) is 0 Å². The van der Waals surface area contributed by atoms with E-state index in [1.165, 1.54) is 204 Å². The van der Waals surface area contributed by atoms with E-state index in [2.05, 4.69) is 74.5 Å². The van der Waals surface area contributed by atoms with Crippen LogP contribution in [0.4, 0.5) is 0 Å². The molecule has 0 nitrogen and oxygen atoms in total. The van der Waals surface area contributed by atoms with Crippen LogP contribution in [-0.2, 0) is 12.3 Å². The first-order chi connectivity index (χ1) is 23.3. The topological polar surface area (TPSA) is 0 Å². The summed E-state index contributed by atoms with van der Waals surface area (Å²) >= 11 is 0. The second kappa shape index (κ2) is 33.7. The zero-order valence-electron chi connectivity index (χ0n) is 32.2. The van der Waals surface area contributed by atoms with Gasteiger partial charge in [0.2, 0.25) is 0 Å². The van der Waals surface area contributed by atoms with Gasteiger partial charge in [-0.25, -0.2) is 0 Å². The van der Waals surface area contributed by atoms with Crippen LogP contribution in [0.1, 0.15) is 205 Å². The highest BCUT2D eigenvalue weighted by Gasteiger charge is 2.36. The summed E-state index contributed by atoms with van der Waals surface area (Å²) in [5.41, 5.74) is 3.18. The van der Waals surface area contributed by atoms with Gasteiger partial charge in [-0.15, -0.1) is 0 Å². The number of halogens is 1. The Morgan fingerprint density at radius 1 is 0.312 bits per heavy atom. The molecule has 0 radical (unpaired) electrons. The first-order valence-corrected chi connectivity index (χ1v) is 23.7. The summed E-state index contributed by atoms with van der Waals surface area (Å²) in [5, 5.41) is 0. The minimum absolute atomic E-state index is 0. The number of hydrogen-bond acceptors (Lipinski definition) is 0. The molecule has 2 aromatic carbocycles. The molecule has 0 atom stereocenters. The second-order valence-corrected chi connectivity index (χ2v) is 19.5. The number of hydrogen-bond donors (Lipinski definition) is 0. The molecule has 276 valence electrons. The molecule has 2 rings (SSSR count). The predicted octanol–water partition coefficient (Wildman–Crippen LogP) is 13.4. The lowest BCUT2D eigenvalue weighted by Crippen LogP contribution is -3.00. The minimum atomic E-state index is -1.11. The van der Waals surface area contributed by atoms with E-state index in [-0.39, 0.29) is 24.0 Å². The van der Waals surface area contributed by atoms with Gasteiger partial charge in [0, 0.05) is 7.26 Å². The first kappa shape index (κ1) is 45.6. The molecule has 0 amide bonds. The number of rotatable bonds is 34. The quantitative estimate of drug-likeness (QED) is 0.0376. The van der Waals surface area contributed by atoms with E-state index < -0.39 is 7.26 Å². The van der Waals surface area contributed by atoms with Crippen molar-refractivity contribution in [1.29, 1.82) is 0 Å². The Morgan fingerprint density at radius 2 is 0.542 bits per heavy atom. The SMILES string of the molecule is CCCCCCCCCCCCCCCC[P+](CCCCCCCCCCCCCCCC)(Cc1ccccc1)Cc1ccccc1.[I-].